The fraction of sp³-hybridized carbons (Fsp3) is 0.600. The monoisotopic (exact) mass is 456 g/mol. The highest BCUT2D eigenvalue weighted by atomic mass is 35.5. The smallest absolute Gasteiger partial charge is 0.229 e. The van der Waals surface area contributed by atoms with Gasteiger partial charge in [0, 0.05) is 48.6 Å². The molecule has 6 nitrogen and oxygen atoms in total. The standard InChI is InChI=1S/C25H37ClN6/c1-21-20-24(29-25(27-21)28-23-10-8-22(26)9-11-23)32(18-16-30-12-4-2-5-13-30)19-17-31-14-6-3-7-15-31/h8-11,20H,2-7,12-19H2,1H3,(H,27,28,29). The van der Waals surface area contributed by atoms with Crippen molar-refractivity contribution in [2.45, 2.75) is 45.4 Å². The summed E-state index contributed by atoms with van der Waals surface area (Å²) in [6, 6.07) is 9.80. The van der Waals surface area contributed by atoms with Crippen molar-refractivity contribution in [2.24, 2.45) is 0 Å². The highest BCUT2D eigenvalue weighted by molar-refractivity contribution is 6.30. The Morgan fingerprint density at radius 1 is 0.844 bits per heavy atom. The lowest BCUT2D eigenvalue weighted by Gasteiger charge is -2.33. The minimum absolute atomic E-state index is 0.642. The molecule has 0 amide bonds. The molecule has 0 saturated carbocycles. The van der Waals surface area contributed by atoms with Gasteiger partial charge >= 0.3 is 0 Å². The van der Waals surface area contributed by atoms with Gasteiger partial charge in [-0.05, 0) is 83.1 Å². The SMILES string of the molecule is Cc1cc(N(CCN2CCCCC2)CCN2CCCCC2)nc(Nc2ccc(Cl)cc2)n1. The molecule has 0 unspecified atom stereocenters. The lowest BCUT2D eigenvalue weighted by Crippen LogP contribution is -2.42. The Labute approximate surface area is 198 Å². The third-order valence-electron chi connectivity index (χ3n) is 6.53. The first-order valence-electron chi connectivity index (χ1n) is 12.2. The quantitative estimate of drug-likeness (QED) is 0.575. The molecule has 0 atom stereocenters. The molecule has 4 rings (SSSR count). The summed E-state index contributed by atoms with van der Waals surface area (Å²) in [5.74, 6) is 1.66. The first-order chi connectivity index (χ1) is 15.7. The van der Waals surface area contributed by atoms with Gasteiger partial charge < -0.3 is 20.0 Å². The van der Waals surface area contributed by atoms with E-state index in [-0.39, 0.29) is 0 Å². The Morgan fingerprint density at radius 3 is 1.97 bits per heavy atom. The van der Waals surface area contributed by atoms with Crippen LogP contribution >= 0.6 is 11.6 Å². The van der Waals surface area contributed by atoms with Crippen molar-refractivity contribution in [3.63, 3.8) is 0 Å². The molecule has 0 radical (unpaired) electrons. The highest BCUT2D eigenvalue weighted by Gasteiger charge is 2.17. The van der Waals surface area contributed by atoms with Crippen LogP contribution in [0.15, 0.2) is 30.3 Å². The van der Waals surface area contributed by atoms with Gasteiger partial charge in [-0.2, -0.15) is 4.98 Å². The first kappa shape index (κ1) is 23.3. The van der Waals surface area contributed by atoms with Crippen LogP contribution in [-0.2, 0) is 0 Å². The van der Waals surface area contributed by atoms with E-state index in [1.54, 1.807) is 0 Å². The summed E-state index contributed by atoms with van der Waals surface area (Å²) in [6.45, 7) is 11.2. The van der Waals surface area contributed by atoms with Crippen LogP contribution in [0.25, 0.3) is 0 Å². The second kappa shape index (κ2) is 11.8. The second-order valence-corrected chi connectivity index (χ2v) is 9.55. The van der Waals surface area contributed by atoms with Crippen LogP contribution in [0.2, 0.25) is 5.02 Å². The predicted octanol–water partition coefficient (Wildman–Crippen LogP) is 4.96. The van der Waals surface area contributed by atoms with Gasteiger partial charge in [-0.1, -0.05) is 24.4 Å². The number of nitrogens with zero attached hydrogens (tertiary/aromatic N) is 5. The van der Waals surface area contributed by atoms with Crippen LogP contribution in [0.4, 0.5) is 17.5 Å². The van der Waals surface area contributed by atoms with Crippen LogP contribution < -0.4 is 10.2 Å². The third-order valence-corrected chi connectivity index (χ3v) is 6.79. The fourth-order valence-corrected chi connectivity index (χ4v) is 4.79. The van der Waals surface area contributed by atoms with Crippen LogP contribution in [-0.4, -0.2) is 72.1 Å². The Balaban J connectivity index is 1.47. The lowest BCUT2D eigenvalue weighted by molar-refractivity contribution is 0.223. The predicted molar refractivity (Wildman–Crippen MR) is 134 cm³/mol. The normalized spacial score (nSPS) is 17.9. The number of hydrogen-bond acceptors (Lipinski definition) is 6. The van der Waals surface area contributed by atoms with E-state index in [1.807, 2.05) is 31.2 Å². The van der Waals surface area contributed by atoms with Crippen LogP contribution in [0.5, 0.6) is 0 Å². The topological polar surface area (TPSA) is 47.5 Å². The Morgan fingerprint density at radius 2 is 1.41 bits per heavy atom. The number of rotatable bonds is 9. The minimum Gasteiger partial charge on any atom is -0.354 e. The van der Waals surface area contributed by atoms with E-state index in [4.69, 9.17) is 16.6 Å². The molecule has 2 saturated heterocycles. The number of aromatic nitrogens is 2. The third kappa shape index (κ3) is 7.06. The second-order valence-electron chi connectivity index (χ2n) is 9.11. The van der Waals surface area contributed by atoms with E-state index < -0.39 is 0 Å². The van der Waals surface area contributed by atoms with Crippen molar-refractivity contribution in [3.05, 3.63) is 41.0 Å². The van der Waals surface area contributed by atoms with E-state index in [0.717, 1.165) is 48.4 Å². The van der Waals surface area contributed by atoms with E-state index in [9.17, 15) is 0 Å². The molecule has 32 heavy (non-hydrogen) atoms. The number of hydrogen-bond donors (Lipinski definition) is 1. The van der Waals surface area contributed by atoms with Crippen molar-refractivity contribution in [1.82, 2.24) is 19.8 Å². The van der Waals surface area contributed by atoms with Gasteiger partial charge in [-0.3, -0.25) is 0 Å². The maximum Gasteiger partial charge on any atom is 0.229 e. The fourth-order valence-electron chi connectivity index (χ4n) is 4.66. The molecule has 174 valence electrons. The van der Waals surface area contributed by atoms with Gasteiger partial charge in [0.25, 0.3) is 0 Å². The maximum atomic E-state index is 6.03. The molecule has 1 N–H and O–H groups in total. The number of likely N-dealkylation sites (tertiary alicyclic amines) is 2. The van der Waals surface area contributed by atoms with Gasteiger partial charge in [0.15, 0.2) is 0 Å². The van der Waals surface area contributed by atoms with Crippen molar-refractivity contribution in [3.8, 4) is 0 Å². The average Bonchev–Trinajstić information content (AvgIpc) is 2.81. The zero-order valence-corrected chi connectivity index (χ0v) is 20.2. The molecule has 1 aromatic carbocycles. The summed E-state index contributed by atoms with van der Waals surface area (Å²) in [5.41, 5.74) is 1.92. The van der Waals surface area contributed by atoms with Crippen LogP contribution in [0, 0.1) is 6.92 Å². The van der Waals surface area contributed by atoms with E-state index in [1.165, 1.54) is 64.7 Å². The molecule has 2 aromatic rings. The summed E-state index contributed by atoms with van der Waals surface area (Å²) < 4.78 is 0. The van der Waals surface area contributed by atoms with E-state index in [0.29, 0.717) is 5.95 Å². The number of anilines is 3. The Bertz CT molecular complexity index is 809. The Hall–Kier alpha value is -1.89. The zero-order chi connectivity index (χ0) is 22.2. The van der Waals surface area contributed by atoms with Crippen molar-refractivity contribution < 1.29 is 0 Å². The Kier molecular flexibility index (Phi) is 8.60. The van der Waals surface area contributed by atoms with Crippen molar-refractivity contribution in [1.29, 1.82) is 0 Å². The molecular weight excluding hydrogens is 420 g/mol. The molecule has 0 aliphatic carbocycles. The molecule has 1 aromatic heterocycles. The largest absolute Gasteiger partial charge is 0.354 e. The summed E-state index contributed by atoms with van der Waals surface area (Å²) in [7, 11) is 0. The van der Waals surface area contributed by atoms with Gasteiger partial charge in [-0.15, -0.1) is 0 Å². The summed E-state index contributed by atoms with van der Waals surface area (Å²) in [4.78, 5) is 17.2. The van der Waals surface area contributed by atoms with E-state index >= 15 is 0 Å². The van der Waals surface area contributed by atoms with Crippen LogP contribution in [0.3, 0.4) is 0 Å². The van der Waals surface area contributed by atoms with Crippen molar-refractivity contribution >= 4 is 29.1 Å². The number of nitrogens with one attached hydrogen (secondary N) is 1. The molecule has 2 aliphatic rings. The molecule has 0 spiro atoms. The first-order valence-corrected chi connectivity index (χ1v) is 12.6. The maximum absolute atomic E-state index is 6.03. The number of aryl methyl sites for hydroxylation is 1. The summed E-state index contributed by atoms with van der Waals surface area (Å²) in [6.07, 6.45) is 8.07. The minimum atomic E-state index is 0.642. The highest BCUT2D eigenvalue weighted by Crippen LogP contribution is 2.21. The molecule has 0 bridgehead atoms. The number of piperidine rings is 2. The summed E-state index contributed by atoms with van der Waals surface area (Å²) in [5, 5.41) is 4.07. The van der Waals surface area contributed by atoms with Gasteiger partial charge in [0.2, 0.25) is 5.95 Å². The van der Waals surface area contributed by atoms with Crippen molar-refractivity contribution in [2.75, 3.05) is 62.6 Å². The zero-order valence-electron chi connectivity index (χ0n) is 19.4. The van der Waals surface area contributed by atoms with Gasteiger partial charge in [0.05, 0.1) is 0 Å². The number of benzene rings is 1. The average molecular weight is 457 g/mol. The van der Waals surface area contributed by atoms with E-state index in [2.05, 4.69) is 31.1 Å². The summed E-state index contributed by atoms with van der Waals surface area (Å²) >= 11 is 6.03. The molecule has 2 aliphatic heterocycles. The lowest BCUT2D eigenvalue weighted by atomic mass is 10.1. The van der Waals surface area contributed by atoms with Crippen LogP contribution in [0.1, 0.15) is 44.2 Å². The van der Waals surface area contributed by atoms with Gasteiger partial charge in [-0.25, -0.2) is 4.98 Å². The van der Waals surface area contributed by atoms with Gasteiger partial charge in [0.1, 0.15) is 5.82 Å². The molecule has 7 heteroatoms. The molecular formula is C25H37ClN6. The molecule has 3 heterocycles. The molecule has 2 fully saturated rings. The number of halogens is 1.